The van der Waals surface area contributed by atoms with Gasteiger partial charge in [-0.15, -0.1) is 0 Å². The molecule has 3 rings (SSSR count). The molecule has 0 aliphatic rings. The van der Waals surface area contributed by atoms with Gasteiger partial charge in [-0.05, 0) is 17.2 Å². The third kappa shape index (κ3) is 5.57. The summed E-state index contributed by atoms with van der Waals surface area (Å²) < 4.78 is 39.7. The highest BCUT2D eigenvalue weighted by Crippen LogP contribution is 2.28. The molecule has 0 spiro atoms. The first-order valence-corrected chi connectivity index (χ1v) is 8.96. The van der Waals surface area contributed by atoms with E-state index in [4.69, 9.17) is 0 Å². The van der Waals surface area contributed by atoms with E-state index in [1.165, 1.54) is 4.90 Å². The van der Waals surface area contributed by atoms with Crippen LogP contribution in [0.2, 0.25) is 0 Å². The molecule has 0 N–H and O–H groups in total. The lowest BCUT2D eigenvalue weighted by molar-refractivity contribution is -0.139. The minimum atomic E-state index is -4.59. The molecule has 4 nitrogen and oxygen atoms in total. The standard InChI is InChI=1S/C22H19F3N2O2/c23-22(24,25)19-11-12-20(28)27(15-19)16-21(29)26(13-17-7-3-1-4-8-17)14-18-9-5-2-6-10-18/h1-12,15H,13-14,16H2. The van der Waals surface area contributed by atoms with Gasteiger partial charge in [0.1, 0.15) is 6.54 Å². The molecule has 0 atom stereocenters. The van der Waals surface area contributed by atoms with Gasteiger partial charge in [-0.1, -0.05) is 60.7 Å². The smallest absolute Gasteiger partial charge is 0.332 e. The summed E-state index contributed by atoms with van der Waals surface area (Å²) in [6.45, 7) is 0.0903. The predicted molar refractivity (Wildman–Crippen MR) is 103 cm³/mol. The molecule has 0 unspecified atom stereocenters. The molecule has 0 bridgehead atoms. The Bertz CT molecular complexity index is 974. The SMILES string of the molecule is O=C(Cn1cc(C(F)(F)F)ccc1=O)N(Cc1ccccc1)Cc1ccccc1. The highest BCUT2D eigenvalue weighted by Gasteiger charge is 2.31. The number of aromatic nitrogens is 1. The van der Waals surface area contributed by atoms with Crippen LogP contribution in [0.15, 0.2) is 83.8 Å². The fraction of sp³-hybridized carbons (Fsp3) is 0.182. The Morgan fingerprint density at radius 1 is 0.828 bits per heavy atom. The maximum absolute atomic E-state index is 13.0. The van der Waals surface area contributed by atoms with Gasteiger partial charge in [-0.3, -0.25) is 9.59 Å². The van der Waals surface area contributed by atoms with Crippen LogP contribution in [0.25, 0.3) is 0 Å². The van der Waals surface area contributed by atoms with Gasteiger partial charge < -0.3 is 9.47 Å². The molecular weight excluding hydrogens is 381 g/mol. The zero-order chi connectivity index (χ0) is 20.9. The molecule has 29 heavy (non-hydrogen) atoms. The van der Waals surface area contributed by atoms with E-state index in [0.717, 1.165) is 27.8 Å². The molecular formula is C22H19F3N2O2. The summed E-state index contributed by atoms with van der Waals surface area (Å²) in [4.78, 5) is 26.4. The zero-order valence-electron chi connectivity index (χ0n) is 15.5. The average molecular weight is 400 g/mol. The van der Waals surface area contributed by atoms with Crippen LogP contribution in [-0.2, 0) is 30.6 Å². The summed E-state index contributed by atoms with van der Waals surface area (Å²) in [5, 5.41) is 0. The van der Waals surface area contributed by atoms with Crippen molar-refractivity contribution in [3.8, 4) is 0 Å². The highest BCUT2D eigenvalue weighted by atomic mass is 19.4. The number of carbonyl (C=O) groups is 1. The fourth-order valence-corrected chi connectivity index (χ4v) is 2.91. The van der Waals surface area contributed by atoms with Crippen LogP contribution >= 0.6 is 0 Å². The minimum absolute atomic E-state index is 0.280. The lowest BCUT2D eigenvalue weighted by atomic mass is 10.1. The molecule has 0 aliphatic heterocycles. The Labute approximate surface area is 165 Å². The number of hydrogen-bond acceptors (Lipinski definition) is 2. The molecule has 0 radical (unpaired) electrons. The van der Waals surface area contributed by atoms with Gasteiger partial charge >= 0.3 is 6.18 Å². The summed E-state index contributed by atoms with van der Waals surface area (Å²) in [5.74, 6) is -0.445. The molecule has 7 heteroatoms. The van der Waals surface area contributed by atoms with Crippen molar-refractivity contribution in [3.63, 3.8) is 0 Å². The lowest BCUT2D eigenvalue weighted by Crippen LogP contribution is -2.36. The van der Waals surface area contributed by atoms with Gasteiger partial charge in [0.2, 0.25) is 5.91 Å². The van der Waals surface area contributed by atoms with Gasteiger partial charge in [0, 0.05) is 25.4 Å². The van der Waals surface area contributed by atoms with E-state index >= 15 is 0 Å². The number of rotatable bonds is 6. The second kappa shape index (κ2) is 8.77. The maximum Gasteiger partial charge on any atom is 0.417 e. The van der Waals surface area contributed by atoms with Gasteiger partial charge in [0.05, 0.1) is 5.56 Å². The number of halogens is 3. The molecule has 2 aromatic carbocycles. The summed E-state index contributed by atoms with van der Waals surface area (Å²) in [6, 6.07) is 20.1. The third-order valence-corrected chi connectivity index (χ3v) is 4.40. The second-order valence-corrected chi connectivity index (χ2v) is 6.60. The first-order chi connectivity index (χ1) is 13.8. The number of carbonyl (C=O) groups excluding carboxylic acids is 1. The maximum atomic E-state index is 13.0. The zero-order valence-corrected chi connectivity index (χ0v) is 15.5. The molecule has 150 valence electrons. The van der Waals surface area contributed by atoms with Crippen molar-refractivity contribution in [3.05, 3.63) is 106 Å². The Morgan fingerprint density at radius 3 is 1.83 bits per heavy atom. The molecule has 1 amide bonds. The summed E-state index contributed by atoms with van der Waals surface area (Å²) in [7, 11) is 0. The van der Waals surface area contributed by atoms with Crippen LogP contribution in [0.3, 0.4) is 0 Å². The predicted octanol–water partition coefficient (Wildman–Crippen LogP) is 4.10. The van der Waals surface area contributed by atoms with Crippen molar-refractivity contribution in [2.45, 2.75) is 25.8 Å². The van der Waals surface area contributed by atoms with Crippen LogP contribution in [0, 0.1) is 0 Å². The van der Waals surface area contributed by atoms with Crippen molar-refractivity contribution in [2.75, 3.05) is 0 Å². The molecule has 0 saturated carbocycles. The van der Waals surface area contributed by atoms with E-state index < -0.39 is 29.8 Å². The second-order valence-electron chi connectivity index (χ2n) is 6.60. The number of benzene rings is 2. The third-order valence-electron chi connectivity index (χ3n) is 4.40. The quantitative estimate of drug-likeness (QED) is 0.625. The number of nitrogens with zero attached hydrogens (tertiary/aromatic N) is 2. The van der Waals surface area contributed by atoms with Gasteiger partial charge in [-0.25, -0.2) is 0 Å². The monoisotopic (exact) mass is 400 g/mol. The Hall–Kier alpha value is -3.35. The van der Waals surface area contributed by atoms with E-state index in [1.807, 2.05) is 60.7 Å². The molecule has 0 fully saturated rings. The number of alkyl halides is 3. The lowest BCUT2D eigenvalue weighted by Gasteiger charge is -2.24. The van der Waals surface area contributed by atoms with E-state index in [0.29, 0.717) is 6.20 Å². The average Bonchev–Trinajstić information content (AvgIpc) is 2.70. The topological polar surface area (TPSA) is 42.3 Å². The Morgan fingerprint density at radius 2 is 1.34 bits per heavy atom. The molecule has 3 aromatic rings. The number of pyridine rings is 1. The van der Waals surface area contributed by atoms with Crippen molar-refractivity contribution in [1.82, 2.24) is 9.47 Å². The molecule has 1 heterocycles. The van der Waals surface area contributed by atoms with Crippen LogP contribution in [0.4, 0.5) is 13.2 Å². The van der Waals surface area contributed by atoms with Gasteiger partial charge in [0.15, 0.2) is 0 Å². The van der Waals surface area contributed by atoms with E-state index in [9.17, 15) is 22.8 Å². The van der Waals surface area contributed by atoms with Gasteiger partial charge in [-0.2, -0.15) is 13.2 Å². The van der Waals surface area contributed by atoms with Crippen LogP contribution in [0.5, 0.6) is 0 Å². The Kier molecular flexibility index (Phi) is 6.16. The molecule has 0 saturated heterocycles. The largest absolute Gasteiger partial charge is 0.417 e. The van der Waals surface area contributed by atoms with Gasteiger partial charge in [0.25, 0.3) is 5.56 Å². The van der Waals surface area contributed by atoms with Crippen molar-refractivity contribution in [1.29, 1.82) is 0 Å². The minimum Gasteiger partial charge on any atom is -0.332 e. The van der Waals surface area contributed by atoms with E-state index in [2.05, 4.69) is 0 Å². The Balaban J connectivity index is 1.85. The van der Waals surface area contributed by atoms with E-state index in [1.54, 1.807) is 0 Å². The van der Waals surface area contributed by atoms with Crippen LogP contribution in [0.1, 0.15) is 16.7 Å². The molecule has 0 aliphatic carbocycles. The fourth-order valence-electron chi connectivity index (χ4n) is 2.91. The highest BCUT2D eigenvalue weighted by molar-refractivity contribution is 5.76. The van der Waals surface area contributed by atoms with Crippen molar-refractivity contribution < 1.29 is 18.0 Å². The summed E-state index contributed by atoms with van der Waals surface area (Å²) >= 11 is 0. The van der Waals surface area contributed by atoms with Crippen LogP contribution in [-0.4, -0.2) is 15.4 Å². The van der Waals surface area contributed by atoms with Crippen molar-refractivity contribution in [2.24, 2.45) is 0 Å². The number of amides is 1. The van der Waals surface area contributed by atoms with E-state index in [-0.39, 0.29) is 13.1 Å². The number of hydrogen-bond donors (Lipinski definition) is 0. The van der Waals surface area contributed by atoms with Crippen molar-refractivity contribution >= 4 is 5.91 Å². The summed E-state index contributed by atoms with van der Waals surface area (Å²) in [5.41, 5.74) is 0.134. The molecule has 1 aromatic heterocycles. The normalized spacial score (nSPS) is 11.3. The first kappa shape index (κ1) is 20.4. The van der Waals surface area contributed by atoms with Crippen LogP contribution < -0.4 is 5.56 Å². The summed E-state index contributed by atoms with van der Waals surface area (Å²) in [6.07, 6.45) is -3.91. The first-order valence-electron chi connectivity index (χ1n) is 8.96.